The number of phosphoric acid groups is 1. The van der Waals surface area contributed by atoms with Gasteiger partial charge in [0.2, 0.25) is 0 Å². The third-order valence-corrected chi connectivity index (χ3v) is 6.14. The quantitative estimate of drug-likeness (QED) is 0.202. The topological polar surface area (TPSA) is 78.8 Å². The van der Waals surface area contributed by atoms with E-state index in [9.17, 15) is 4.57 Å². The molecule has 0 radical (unpaired) electrons. The molecule has 0 bridgehead atoms. The van der Waals surface area contributed by atoms with Crippen LogP contribution in [0.5, 0.6) is 0 Å². The summed E-state index contributed by atoms with van der Waals surface area (Å²) in [6.45, 7) is 3.13. The van der Waals surface area contributed by atoms with Gasteiger partial charge in [0, 0.05) is 13.1 Å². The molecule has 33 heavy (non-hydrogen) atoms. The largest absolute Gasteiger partial charge is 0.469 e. The maximum absolute atomic E-state index is 10.8. The van der Waals surface area contributed by atoms with Crippen LogP contribution in [0.3, 0.4) is 0 Å². The zero-order valence-electron chi connectivity index (χ0n) is 19.2. The number of benzene rings is 3. The van der Waals surface area contributed by atoms with Crippen molar-refractivity contribution >= 4 is 7.82 Å². The van der Waals surface area contributed by atoms with Crippen molar-refractivity contribution in [2.75, 3.05) is 13.2 Å². The molecule has 0 saturated heterocycles. The molecule has 6 heteroatoms. The maximum atomic E-state index is 10.8. The van der Waals surface area contributed by atoms with Crippen molar-refractivity contribution in [2.45, 2.75) is 45.6 Å². The van der Waals surface area contributed by atoms with Crippen LogP contribution in [0.1, 0.15) is 43.7 Å². The van der Waals surface area contributed by atoms with Crippen LogP contribution in [0.4, 0.5) is 0 Å². The molecule has 5 nitrogen and oxygen atoms in total. The number of phosphoric ester groups is 1. The van der Waals surface area contributed by atoms with Gasteiger partial charge in [-0.05, 0) is 52.3 Å². The molecule has 3 rings (SSSR count). The van der Waals surface area contributed by atoms with E-state index in [1.165, 1.54) is 42.4 Å². The summed E-state index contributed by atoms with van der Waals surface area (Å²) in [5.74, 6) is 0. The zero-order chi connectivity index (χ0) is 23.5. The number of rotatable bonds is 13. The minimum atomic E-state index is -4.42. The maximum Gasteiger partial charge on any atom is 0.469 e. The number of unbranched alkanes of at least 4 members (excludes halogenated alkanes) is 3. The summed E-state index contributed by atoms with van der Waals surface area (Å²) in [4.78, 5) is 17.6. The van der Waals surface area contributed by atoms with E-state index in [-0.39, 0.29) is 6.61 Å². The molecular formula is C27H34NO4P. The van der Waals surface area contributed by atoms with Crippen molar-refractivity contribution in [1.82, 2.24) is 5.32 Å². The predicted molar refractivity (Wildman–Crippen MR) is 135 cm³/mol. The number of aryl methyl sites for hydroxylation is 1. The summed E-state index contributed by atoms with van der Waals surface area (Å²) in [6.07, 6.45) is 6.22. The van der Waals surface area contributed by atoms with Gasteiger partial charge in [0.25, 0.3) is 0 Å². The zero-order valence-corrected chi connectivity index (χ0v) is 20.1. The molecule has 0 unspecified atom stereocenters. The normalized spacial score (nSPS) is 11.6. The van der Waals surface area contributed by atoms with Gasteiger partial charge in [0.1, 0.15) is 0 Å². The number of hydrogen-bond donors (Lipinski definition) is 3. The Bertz CT molecular complexity index is 1030. The van der Waals surface area contributed by atoms with Gasteiger partial charge in [-0.15, -0.1) is 0 Å². The molecule has 3 aromatic carbocycles. The van der Waals surface area contributed by atoms with Crippen LogP contribution in [0.25, 0.3) is 22.3 Å². The first-order valence-electron chi connectivity index (χ1n) is 11.6. The molecule has 0 heterocycles. The van der Waals surface area contributed by atoms with Gasteiger partial charge in [-0.3, -0.25) is 4.52 Å². The monoisotopic (exact) mass is 467 g/mol. The lowest BCUT2D eigenvalue weighted by Crippen LogP contribution is -2.18. The van der Waals surface area contributed by atoms with Crippen molar-refractivity contribution in [1.29, 1.82) is 0 Å². The van der Waals surface area contributed by atoms with Gasteiger partial charge in [-0.1, -0.05) is 92.9 Å². The molecular weight excluding hydrogens is 433 g/mol. The summed E-state index contributed by atoms with van der Waals surface area (Å²) in [5.41, 5.74) is 7.18. The second-order valence-electron chi connectivity index (χ2n) is 8.25. The van der Waals surface area contributed by atoms with Crippen LogP contribution < -0.4 is 5.32 Å². The fourth-order valence-corrected chi connectivity index (χ4v) is 4.22. The second-order valence-corrected chi connectivity index (χ2v) is 9.49. The predicted octanol–water partition coefficient (Wildman–Crippen LogP) is 6.34. The minimum Gasteiger partial charge on any atom is -0.310 e. The van der Waals surface area contributed by atoms with Gasteiger partial charge in [0.15, 0.2) is 0 Å². The molecule has 3 aromatic rings. The third kappa shape index (κ3) is 8.54. The van der Waals surface area contributed by atoms with Crippen LogP contribution in [0, 0.1) is 0 Å². The average Bonchev–Trinajstić information content (AvgIpc) is 2.82. The van der Waals surface area contributed by atoms with E-state index in [0.717, 1.165) is 23.1 Å². The highest BCUT2D eigenvalue weighted by Crippen LogP contribution is 2.35. The molecule has 0 spiro atoms. The molecule has 0 aliphatic rings. The molecule has 3 N–H and O–H groups in total. The first kappa shape index (κ1) is 25.4. The van der Waals surface area contributed by atoms with Crippen molar-refractivity contribution in [3.63, 3.8) is 0 Å². The fraction of sp³-hybridized carbons (Fsp3) is 0.333. The van der Waals surface area contributed by atoms with E-state index in [4.69, 9.17) is 9.79 Å². The molecule has 0 aromatic heterocycles. The Morgan fingerprint density at radius 3 is 2.21 bits per heavy atom. The Balaban J connectivity index is 1.74. The van der Waals surface area contributed by atoms with Crippen molar-refractivity contribution < 1.29 is 18.9 Å². The summed E-state index contributed by atoms with van der Waals surface area (Å²) in [6, 6.07) is 25.7. The first-order chi connectivity index (χ1) is 16.0. The molecule has 176 valence electrons. The van der Waals surface area contributed by atoms with E-state index in [0.29, 0.717) is 13.1 Å². The van der Waals surface area contributed by atoms with E-state index in [1.807, 2.05) is 18.2 Å². The molecule has 0 atom stereocenters. The molecule has 0 amide bonds. The molecule has 0 saturated carbocycles. The standard InChI is InChI=1S/C27H34NO4P/c1-2-3-4-6-9-22-12-15-25(16-13-22)26-17-14-23(21-28-18-19-32-33(29,30)31)20-27(26)24-10-7-5-8-11-24/h5,7-8,10-17,20,28H,2-4,6,9,18-19,21H2,1H3,(H2,29,30,31). The highest BCUT2D eigenvalue weighted by atomic mass is 31.2. The number of hydrogen-bond acceptors (Lipinski definition) is 3. The van der Waals surface area contributed by atoms with Crippen LogP contribution in [-0.4, -0.2) is 22.9 Å². The minimum absolute atomic E-state index is 0.0430. The van der Waals surface area contributed by atoms with Crippen molar-refractivity contribution in [3.8, 4) is 22.3 Å². The second kappa shape index (κ2) is 12.8. The van der Waals surface area contributed by atoms with E-state index >= 15 is 0 Å². The summed E-state index contributed by atoms with van der Waals surface area (Å²) in [5, 5.41) is 3.18. The van der Waals surface area contributed by atoms with Gasteiger partial charge in [-0.2, -0.15) is 0 Å². The lowest BCUT2D eigenvalue weighted by Gasteiger charge is -2.14. The fourth-order valence-electron chi connectivity index (χ4n) is 3.89. The highest BCUT2D eigenvalue weighted by Gasteiger charge is 2.13. The van der Waals surface area contributed by atoms with Gasteiger partial charge < -0.3 is 15.1 Å². The Morgan fingerprint density at radius 2 is 1.52 bits per heavy atom. The Hall–Kier alpha value is -2.27. The smallest absolute Gasteiger partial charge is 0.310 e. The average molecular weight is 468 g/mol. The van der Waals surface area contributed by atoms with Crippen molar-refractivity contribution in [3.05, 3.63) is 83.9 Å². The lowest BCUT2D eigenvalue weighted by molar-refractivity contribution is 0.197. The van der Waals surface area contributed by atoms with Gasteiger partial charge in [-0.25, -0.2) is 4.57 Å². The Kier molecular flexibility index (Phi) is 9.86. The highest BCUT2D eigenvalue weighted by molar-refractivity contribution is 7.46. The molecule has 0 fully saturated rings. The van der Waals surface area contributed by atoms with Crippen molar-refractivity contribution in [2.24, 2.45) is 0 Å². The van der Waals surface area contributed by atoms with Crippen LogP contribution in [0.2, 0.25) is 0 Å². The Morgan fingerprint density at radius 1 is 0.818 bits per heavy atom. The van der Waals surface area contributed by atoms with Crippen LogP contribution in [0.15, 0.2) is 72.8 Å². The van der Waals surface area contributed by atoms with Gasteiger partial charge in [0.05, 0.1) is 6.61 Å². The first-order valence-corrected chi connectivity index (χ1v) is 13.2. The molecule has 0 aliphatic heterocycles. The lowest BCUT2D eigenvalue weighted by atomic mass is 9.92. The summed E-state index contributed by atoms with van der Waals surface area (Å²) in [7, 11) is -4.42. The van der Waals surface area contributed by atoms with Gasteiger partial charge >= 0.3 is 7.82 Å². The Labute approximate surface area is 197 Å². The van der Waals surface area contributed by atoms with Crippen LogP contribution in [-0.2, 0) is 22.1 Å². The summed E-state index contributed by atoms with van der Waals surface area (Å²) >= 11 is 0. The van der Waals surface area contributed by atoms with E-state index in [1.54, 1.807) is 0 Å². The number of nitrogens with one attached hydrogen (secondary N) is 1. The van der Waals surface area contributed by atoms with Crippen LogP contribution >= 0.6 is 7.82 Å². The summed E-state index contributed by atoms with van der Waals surface area (Å²) < 4.78 is 15.3. The SMILES string of the molecule is CCCCCCc1ccc(-c2ccc(CNCCOP(=O)(O)O)cc2-c2ccccc2)cc1. The van der Waals surface area contributed by atoms with E-state index in [2.05, 4.69) is 71.4 Å². The third-order valence-electron chi connectivity index (χ3n) is 5.62. The molecule has 0 aliphatic carbocycles. The van der Waals surface area contributed by atoms with E-state index < -0.39 is 7.82 Å².